The maximum atomic E-state index is 11.2. The number of hydrogen-bond donors (Lipinski definition) is 1. The van der Waals surface area contributed by atoms with Crippen molar-refractivity contribution in [2.24, 2.45) is 0 Å². The van der Waals surface area contributed by atoms with E-state index in [9.17, 15) is 4.79 Å². The summed E-state index contributed by atoms with van der Waals surface area (Å²) in [5.74, 6) is -0.822. The van der Waals surface area contributed by atoms with Crippen LogP contribution in [-0.2, 0) is 6.54 Å². The minimum absolute atomic E-state index is 0.107. The Bertz CT molecular complexity index is 447. The van der Waals surface area contributed by atoms with E-state index >= 15 is 0 Å². The lowest BCUT2D eigenvalue weighted by Crippen LogP contribution is -2.44. The minimum Gasteiger partial charge on any atom is -0.475 e. The van der Waals surface area contributed by atoms with Gasteiger partial charge in [0, 0.05) is 38.8 Å². The lowest BCUT2D eigenvalue weighted by Gasteiger charge is -2.32. The molecule has 0 atom stereocenters. The van der Waals surface area contributed by atoms with Gasteiger partial charge in [-0.3, -0.25) is 4.90 Å². The highest BCUT2D eigenvalue weighted by Crippen LogP contribution is 2.16. The van der Waals surface area contributed by atoms with Gasteiger partial charge in [-0.05, 0) is 20.9 Å². The molecule has 0 amide bonds. The highest BCUT2D eigenvalue weighted by atomic mass is 16.4. The number of carboxylic acid groups (broad SMARTS) is 1. The Morgan fingerprint density at radius 1 is 1.37 bits per heavy atom. The van der Waals surface area contributed by atoms with E-state index in [0.29, 0.717) is 0 Å². The molecule has 1 aliphatic heterocycles. The van der Waals surface area contributed by atoms with Crippen LogP contribution in [0.4, 0.5) is 0 Å². The molecule has 0 radical (unpaired) electrons. The second-order valence-corrected chi connectivity index (χ2v) is 5.42. The van der Waals surface area contributed by atoms with Gasteiger partial charge in [0.15, 0.2) is 0 Å². The Hall–Kier alpha value is -1.40. The first-order chi connectivity index (χ1) is 8.99. The quantitative estimate of drug-likeness (QED) is 0.877. The van der Waals surface area contributed by atoms with Crippen molar-refractivity contribution < 1.29 is 9.90 Å². The van der Waals surface area contributed by atoms with Crippen molar-refractivity contribution in [2.75, 3.05) is 33.2 Å². The Kier molecular flexibility index (Phi) is 4.21. The number of piperazine rings is 1. The molecule has 1 aliphatic rings. The first-order valence-electron chi connectivity index (χ1n) is 6.69. The van der Waals surface area contributed by atoms with Gasteiger partial charge in [-0.15, -0.1) is 0 Å². The van der Waals surface area contributed by atoms with Crippen LogP contribution >= 0.6 is 0 Å². The number of imidazole rings is 1. The summed E-state index contributed by atoms with van der Waals surface area (Å²) in [6.45, 7) is 8.89. The van der Waals surface area contributed by atoms with Gasteiger partial charge in [0.2, 0.25) is 5.82 Å². The fraction of sp³-hybridized carbons (Fsp3) is 0.692. The summed E-state index contributed by atoms with van der Waals surface area (Å²) >= 11 is 0. The number of nitrogens with zero attached hydrogens (tertiary/aromatic N) is 4. The summed E-state index contributed by atoms with van der Waals surface area (Å²) in [5.41, 5.74) is 0.983. The number of carboxylic acids is 1. The van der Waals surface area contributed by atoms with E-state index in [1.54, 1.807) is 6.20 Å². The average molecular weight is 266 g/mol. The van der Waals surface area contributed by atoms with Crippen LogP contribution < -0.4 is 0 Å². The van der Waals surface area contributed by atoms with E-state index in [0.717, 1.165) is 38.4 Å². The van der Waals surface area contributed by atoms with Crippen LogP contribution in [0.15, 0.2) is 6.20 Å². The van der Waals surface area contributed by atoms with E-state index in [1.165, 1.54) is 0 Å². The summed E-state index contributed by atoms with van der Waals surface area (Å²) in [5, 5.41) is 9.16. The van der Waals surface area contributed by atoms with Crippen LogP contribution in [-0.4, -0.2) is 63.7 Å². The predicted molar refractivity (Wildman–Crippen MR) is 72.3 cm³/mol. The summed E-state index contributed by atoms with van der Waals surface area (Å²) in [6, 6.07) is 0.107. The zero-order valence-electron chi connectivity index (χ0n) is 11.8. The molecule has 6 heteroatoms. The third kappa shape index (κ3) is 3.13. The number of rotatable bonds is 4. The van der Waals surface area contributed by atoms with Gasteiger partial charge in [-0.25, -0.2) is 9.78 Å². The largest absolute Gasteiger partial charge is 0.475 e. The molecule has 1 fully saturated rings. The van der Waals surface area contributed by atoms with Crippen LogP contribution in [0.3, 0.4) is 0 Å². The zero-order chi connectivity index (χ0) is 14.0. The van der Waals surface area contributed by atoms with Gasteiger partial charge in [0.05, 0.1) is 11.9 Å². The molecule has 0 unspecified atom stereocenters. The molecule has 2 heterocycles. The van der Waals surface area contributed by atoms with Gasteiger partial charge >= 0.3 is 5.97 Å². The number of hydrogen-bond acceptors (Lipinski definition) is 4. The van der Waals surface area contributed by atoms with Gasteiger partial charge in [0.25, 0.3) is 0 Å². The van der Waals surface area contributed by atoms with Crippen LogP contribution in [0.2, 0.25) is 0 Å². The summed E-state index contributed by atoms with van der Waals surface area (Å²) in [7, 11) is 2.12. The van der Waals surface area contributed by atoms with Crippen LogP contribution in [0, 0.1) is 0 Å². The van der Waals surface area contributed by atoms with E-state index in [2.05, 4.69) is 21.8 Å². The first-order valence-corrected chi connectivity index (χ1v) is 6.69. The molecule has 19 heavy (non-hydrogen) atoms. The molecule has 0 spiro atoms. The molecule has 1 saturated heterocycles. The van der Waals surface area contributed by atoms with E-state index in [1.807, 2.05) is 18.4 Å². The van der Waals surface area contributed by atoms with Crippen molar-refractivity contribution in [1.82, 2.24) is 19.4 Å². The van der Waals surface area contributed by atoms with E-state index in [-0.39, 0.29) is 11.9 Å². The molecule has 1 aromatic rings. The topological polar surface area (TPSA) is 61.6 Å². The van der Waals surface area contributed by atoms with Crippen molar-refractivity contribution in [3.8, 4) is 0 Å². The SMILES string of the molecule is CC(C)n1c(CN2CCN(C)CC2)cnc1C(=O)O. The van der Waals surface area contributed by atoms with Crippen LogP contribution in [0.5, 0.6) is 0 Å². The molecule has 6 nitrogen and oxygen atoms in total. The highest BCUT2D eigenvalue weighted by Gasteiger charge is 2.21. The van der Waals surface area contributed by atoms with E-state index in [4.69, 9.17) is 5.11 Å². The average Bonchev–Trinajstić information content (AvgIpc) is 2.76. The molecule has 0 bridgehead atoms. The molecule has 1 aromatic heterocycles. The first kappa shape index (κ1) is 14.0. The van der Waals surface area contributed by atoms with Crippen LogP contribution in [0.25, 0.3) is 0 Å². The third-order valence-electron chi connectivity index (χ3n) is 3.56. The van der Waals surface area contributed by atoms with Gasteiger partial charge in [-0.1, -0.05) is 0 Å². The Balaban J connectivity index is 2.14. The van der Waals surface area contributed by atoms with Crippen molar-refractivity contribution in [2.45, 2.75) is 26.4 Å². The maximum absolute atomic E-state index is 11.2. The van der Waals surface area contributed by atoms with Gasteiger partial charge in [0.1, 0.15) is 0 Å². The second kappa shape index (κ2) is 5.71. The summed E-state index contributed by atoms with van der Waals surface area (Å²) in [6.07, 6.45) is 1.70. The second-order valence-electron chi connectivity index (χ2n) is 5.42. The monoisotopic (exact) mass is 266 g/mol. The highest BCUT2D eigenvalue weighted by molar-refractivity contribution is 5.83. The van der Waals surface area contributed by atoms with Crippen LogP contribution in [0.1, 0.15) is 36.2 Å². The van der Waals surface area contributed by atoms with Crippen molar-refractivity contribution >= 4 is 5.97 Å². The van der Waals surface area contributed by atoms with Gasteiger partial charge in [-0.2, -0.15) is 0 Å². The smallest absolute Gasteiger partial charge is 0.372 e. The number of likely N-dealkylation sites (N-methyl/N-ethyl adjacent to an activating group) is 1. The Morgan fingerprint density at radius 3 is 2.53 bits per heavy atom. The van der Waals surface area contributed by atoms with Crippen molar-refractivity contribution in [1.29, 1.82) is 0 Å². The van der Waals surface area contributed by atoms with Gasteiger partial charge < -0.3 is 14.6 Å². The maximum Gasteiger partial charge on any atom is 0.372 e. The third-order valence-corrected chi connectivity index (χ3v) is 3.56. The predicted octanol–water partition coefficient (Wildman–Crippen LogP) is 0.910. The molecule has 0 saturated carbocycles. The normalized spacial score (nSPS) is 18.1. The molecular formula is C13H22N4O2. The lowest BCUT2D eigenvalue weighted by molar-refractivity contribution is 0.0675. The number of aromatic carboxylic acids is 1. The molecule has 1 N–H and O–H groups in total. The number of aromatic nitrogens is 2. The molecule has 2 rings (SSSR count). The standard InChI is InChI=1S/C13H22N4O2/c1-10(2)17-11(8-14-12(17)13(18)19)9-16-6-4-15(3)5-7-16/h8,10H,4-7,9H2,1-3H3,(H,18,19). The molecule has 0 aromatic carbocycles. The van der Waals surface area contributed by atoms with E-state index < -0.39 is 5.97 Å². The minimum atomic E-state index is -0.960. The van der Waals surface area contributed by atoms with Crippen molar-refractivity contribution in [3.63, 3.8) is 0 Å². The lowest BCUT2D eigenvalue weighted by atomic mass is 10.3. The molecular weight excluding hydrogens is 244 g/mol. The fourth-order valence-corrected chi connectivity index (χ4v) is 2.48. The molecule has 106 valence electrons. The number of carbonyl (C=O) groups is 1. The fourth-order valence-electron chi connectivity index (χ4n) is 2.48. The Labute approximate surface area is 113 Å². The Morgan fingerprint density at radius 2 is 2.00 bits per heavy atom. The molecule has 0 aliphatic carbocycles. The summed E-state index contributed by atoms with van der Waals surface area (Å²) < 4.78 is 1.82. The van der Waals surface area contributed by atoms with Crippen molar-refractivity contribution in [3.05, 3.63) is 17.7 Å². The zero-order valence-corrected chi connectivity index (χ0v) is 11.8. The summed E-state index contributed by atoms with van der Waals surface area (Å²) in [4.78, 5) is 19.9.